The van der Waals surface area contributed by atoms with Gasteiger partial charge in [0.15, 0.2) is 0 Å². The lowest BCUT2D eigenvalue weighted by atomic mass is 10.1. The molecule has 6 nitrogen and oxygen atoms in total. The van der Waals surface area contributed by atoms with Crippen molar-refractivity contribution in [2.45, 2.75) is 12.1 Å². The fraction of sp³-hybridized carbons (Fsp3) is 0.267. The number of nitrogens with zero attached hydrogens (tertiary/aromatic N) is 2. The normalized spacial score (nSPS) is 21.0. The molecular weight excluding hydrogens is 289 g/mol. The minimum absolute atomic E-state index is 0.0708. The van der Waals surface area contributed by atoms with Gasteiger partial charge in [-0.05, 0) is 0 Å². The Hall–Kier alpha value is -2.70. The lowest BCUT2D eigenvalue weighted by molar-refractivity contribution is -0.149. The highest BCUT2D eigenvalue weighted by Gasteiger charge is 2.47. The molecule has 22 heavy (non-hydrogen) atoms. The first-order valence-electron chi connectivity index (χ1n) is 6.82. The third-order valence-electron chi connectivity index (χ3n) is 3.74. The Morgan fingerprint density at radius 3 is 2.68 bits per heavy atom. The number of alkyl halides is 1. The first-order valence-corrected chi connectivity index (χ1v) is 6.82. The van der Waals surface area contributed by atoms with Gasteiger partial charge in [-0.1, -0.05) is 30.3 Å². The maximum Gasteiger partial charge on any atom is 0.343 e. The summed E-state index contributed by atoms with van der Waals surface area (Å²) in [5.74, 6) is -1.44. The zero-order valence-corrected chi connectivity index (χ0v) is 11.6. The zero-order chi connectivity index (χ0) is 15.7. The molecule has 1 aliphatic rings. The molecule has 2 N–H and O–H groups in total. The Morgan fingerprint density at radius 1 is 1.32 bits per heavy atom. The predicted octanol–water partition coefficient (Wildman–Crippen LogP) is 1.72. The van der Waals surface area contributed by atoms with Gasteiger partial charge in [-0.2, -0.15) is 0 Å². The first-order chi connectivity index (χ1) is 10.5. The van der Waals surface area contributed by atoms with E-state index >= 15 is 0 Å². The number of H-pyrrole nitrogens is 1. The molecule has 7 heteroatoms. The van der Waals surface area contributed by atoms with Crippen molar-refractivity contribution in [2.75, 3.05) is 13.1 Å². The van der Waals surface area contributed by atoms with E-state index in [0.717, 1.165) is 5.56 Å². The van der Waals surface area contributed by atoms with Crippen LogP contribution in [0.25, 0.3) is 11.4 Å². The number of carbonyl (C=O) groups is 2. The summed E-state index contributed by atoms with van der Waals surface area (Å²) in [6.07, 6.45) is 1.18. The van der Waals surface area contributed by atoms with E-state index in [9.17, 15) is 14.0 Å². The second-order valence-electron chi connectivity index (χ2n) is 5.26. The summed E-state index contributed by atoms with van der Waals surface area (Å²) < 4.78 is 14.0. The number of amides is 1. The molecule has 1 unspecified atom stereocenters. The van der Waals surface area contributed by atoms with E-state index in [-0.39, 0.29) is 18.7 Å². The number of carboxylic acids is 1. The number of rotatable bonds is 3. The average Bonchev–Trinajstić information content (AvgIpc) is 3.15. The third-order valence-corrected chi connectivity index (χ3v) is 3.74. The van der Waals surface area contributed by atoms with Gasteiger partial charge in [0.2, 0.25) is 5.67 Å². The van der Waals surface area contributed by atoms with Gasteiger partial charge in [-0.25, -0.2) is 14.2 Å². The van der Waals surface area contributed by atoms with Gasteiger partial charge in [0, 0.05) is 18.5 Å². The summed E-state index contributed by atoms with van der Waals surface area (Å²) in [6.45, 7) is -0.373. The maximum atomic E-state index is 14.0. The number of carboxylic acid groups (broad SMARTS) is 1. The van der Waals surface area contributed by atoms with Crippen LogP contribution in [-0.2, 0) is 4.79 Å². The highest BCUT2D eigenvalue weighted by molar-refractivity contribution is 5.94. The Kier molecular flexibility index (Phi) is 3.40. The SMILES string of the molecule is O=C(c1cnc(-c2ccccc2)[nH]1)N1CCC(F)(C(=O)O)C1. The number of hydrogen-bond acceptors (Lipinski definition) is 3. The number of aromatic amines is 1. The fourth-order valence-corrected chi connectivity index (χ4v) is 2.46. The van der Waals surface area contributed by atoms with Gasteiger partial charge in [0.25, 0.3) is 5.91 Å². The molecule has 114 valence electrons. The summed E-state index contributed by atoms with van der Waals surface area (Å²) in [5, 5.41) is 8.86. The van der Waals surface area contributed by atoms with Crippen molar-refractivity contribution in [1.29, 1.82) is 0 Å². The van der Waals surface area contributed by atoms with E-state index in [4.69, 9.17) is 5.11 Å². The Bertz CT molecular complexity index is 716. The topological polar surface area (TPSA) is 86.3 Å². The molecule has 1 aromatic carbocycles. The van der Waals surface area contributed by atoms with Crippen molar-refractivity contribution in [1.82, 2.24) is 14.9 Å². The number of benzene rings is 1. The summed E-state index contributed by atoms with van der Waals surface area (Å²) in [4.78, 5) is 31.4. The number of imidazole rings is 1. The molecule has 0 radical (unpaired) electrons. The van der Waals surface area contributed by atoms with Gasteiger partial charge in [-0.3, -0.25) is 4.79 Å². The number of likely N-dealkylation sites (tertiary alicyclic amines) is 1. The standard InChI is InChI=1S/C15H14FN3O3/c16-15(14(21)22)6-7-19(9-15)13(20)11-8-17-12(18-11)10-4-2-1-3-5-10/h1-5,8H,6-7,9H2,(H,17,18)(H,21,22). The van der Waals surface area contributed by atoms with Crippen LogP contribution < -0.4 is 0 Å². The van der Waals surface area contributed by atoms with Crippen molar-refractivity contribution in [3.8, 4) is 11.4 Å². The number of aliphatic carboxylic acids is 1. The minimum atomic E-state index is -2.36. The third kappa shape index (κ3) is 2.45. The van der Waals surface area contributed by atoms with E-state index in [1.807, 2.05) is 30.3 Å². The van der Waals surface area contributed by atoms with E-state index in [1.54, 1.807) is 0 Å². The van der Waals surface area contributed by atoms with Crippen LogP contribution in [0.3, 0.4) is 0 Å². The smallest absolute Gasteiger partial charge is 0.343 e. The zero-order valence-electron chi connectivity index (χ0n) is 11.6. The first kappa shape index (κ1) is 14.2. The number of aromatic nitrogens is 2. The van der Waals surface area contributed by atoms with Crippen LogP contribution in [0.15, 0.2) is 36.5 Å². The summed E-state index contributed by atoms with van der Waals surface area (Å²) in [7, 11) is 0. The molecular formula is C15H14FN3O3. The van der Waals surface area contributed by atoms with Crippen LogP contribution in [0, 0.1) is 0 Å². The van der Waals surface area contributed by atoms with E-state index in [1.165, 1.54) is 11.1 Å². The Morgan fingerprint density at radius 2 is 2.05 bits per heavy atom. The quantitative estimate of drug-likeness (QED) is 0.904. The monoisotopic (exact) mass is 303 g/mol. The van der Waals surface area contributed by atoms with Crippen molar-refractivity contribution >= 4 is 11.9 Å². The fourth-order valence-electron chi connectivity index (χ4n) is 2.46. The molecule has 1 amide bonds. The van der Waals surface area contributed by atoms with Crippen molar-refractivity contribution in [3.63, 3.8) is 0 Å². The Balaban J connectivity index is 1.77. The lowest BCUT2D eigenvalue weighted by Crippen LogP contribution is -2.39. The van der Waals surface area contributed by atoms with Gasteiger partial charge in [0.05, 0.1) is 12.7 Å². The van der Waals surface area contributed by atoms with Gasteiger partial charge < -0.3 is 15.0 Å². The van der Waals surface area contributed by atoms with Crippen LogP contribution in [0.2, 0.25) is 0 Å². The van der Waals surface area contributed by atoms with Gasteiger partial charge in [0.1, 0.15) is 11.5 Å². The molecule has 1 atom stereocenters. The van der Waals surface area contributed by atoms with Crippen LogP contribution in [-0.4, -0.2) is 50.6 Å². The molecule has 2 aromatic rings. The second-order valence-corrected chi connectivity index (χ2v) is 5.26. The maximum absolute atomic E-state index is 14.0. The number of carbonyl (C=O) groups excluding carboxylic acids is 1. The summed E-state index contributed by atoms with van der Waals surface area (Å²) >= 11 is 0. The minimum Gasteiger partial charge on any atom is -0.479 e. The van der Waals surface area contributed by atoms with Crippen LogP contribution in [0.1, 0.15) is 16.9 Å². The van der Waals surface area contributed by atoms with Crippen molar-refractivity contribution < 1.29 is 19.1 Å². The average molecular weight is 303 g/mol. The van der Waals surface area contributed by atoms with Crippen molar-refractivity contribution in [2.24, 2.45) is 0 Å². The summed E-state index contributed by atoms with van der Waals surface area (Å²) in [6, 6.07) is 9.27. The number of halogens is 1. The molecule has 0 aliphatic carbocycles. The second kappa shape index (κ2) is 5.25. The van der Waals surface area contributed by atoms with Gasteiger partial charge in [-0.15, -0.1) is 0 Å². The van der Waals surface area contributed by atoms with Crippen molar-refractivity contribution in [3.05, 3.63) is 42.2 Å². The van der Waals surface area contributed by atoms with E-state index in [2.05, 4.69) is 9.97 Å². The molecule has 0 spiro atoms. The van der Waals surface area contributed by atoms with E-state index < -0.39 is 24.1 Å². The summed E-state index contributed by atoms with van der Waals surface area (Å²) in [5.41, 5.74) is -1.32. The molecule has 1 saturated heterocycles. The lowest BCUT2D eigenvalue weighted by Gasteiger charge is -2.16. The number of nitrogens with one attached hydrogen (secondary N) is 1. The van der Waals surface area contributed by atoms with Crippen LogP contribution >= 0.6 is 0 Å². The molecule has 3 rings (SSSR count). The Labute approximate surface area is 125 Å². The largest absolute Gasteiger partial charge is 0.479 e. The molecule has 1 aromatic heterocycles. The van der Waals surface area contributed by atoms with Gasteiger partial charge >= 0.3 is 5.97 Å². The highest BCUT2D eigenvalue weighted by atomic mass is 19.1. The molecule has 0 saturated carbocycles. The molecule has 1 aliphatic heterocycles. The molecule has 0 bridgehead atoms. The van der Waals surface area contributed by atoms with E-state index in [0.29, 0.717) is 5.82 Å². The highest BCUT2D eigenvalue weighted by Crippen LogP contribution is 2.27. The predicted molar refractivity (Wildman–Crippen MR) is 76.0 cm³/mol. The molecule has 1 fully saturated rings. The van der Waals surface area contributed by atoms with Crippen LogP contribution in [0.4, 0.5) is 4.39 Å². The molecule has 2 heterocycles. The van der Waals surface area contributed by atoms with Crippen LogP contribution in [0.5, 0.6) is 0 Å². The number of hydrogen-bond donors (Lipinski definition) is 2.